The van der Waals surface area contributed by atoms with Crippen molar-refractivity contribution in [2.45, 2.75) is 6.54 Å². The molecule has 0 aliphatic rings. The van der Waals surface area contributed by atoms with E-state index in [2.05, 4.69) is 11.0 Å². The van der Waals surface area contributed by atoms with Crippen molar-refractivity contribution in [1.82, 2.24) is 14.2 Å². The molecule has 3 heterocycles. The van der Waals surface area contributed by atoms with E-state index in [1.165, 1.54) is 4.68 Å². The van der Waals surface area contributed by atoms with Gasteiger partial charge < -0.3 is 13.7 Å². The number of hydrogen-bond acceptors (Lipinski definition) is 5. The number of terminal acetylenes is 1. The first kappa shape index (κ1) is 21.4. The monoisotopic (exact) mass is 472 g/mol. The van der Waals surface area contributed by atoms with Crippen LogP contribution in [0, 0.1) is 12.3 Å². The Morgan fingerprint density at radius 1 is 1.06 bits per heavy atom. The summed E-state index contributed by atoms with van der Waals surface area (Å²) >= 11 is 0. The number of nitrogens with zero attached hydrogens (tertiary/aromatic N) is 4. The molecule has 0 amide bonds. The van der Waals surface area contributed by atoms with Crippen molar-refractivity contribution >= 4 is 39.0 Å². The van der Waals surface area contributed by atoms with Gasteiger partial charge in [-0.05, 0) is 36.4 Å². The van der Waals surface area contributed by atoms with Gasteiger partial charge in [-0.3, -0.25) is 4.79 Å². The lowest BCUT2D eigenvalue weighted by atomic mass is 10.2. The molecule has 3 aromatic heterocycles. The van der Waals surface area contributed by atoms with E-state index in [1.807, 2.05) is 65.4 Å². The van der Waals surface area contributed by atoms with Crippen LogP contribution in [0.25, 0.3) is 44.4 Å². The van der Waals surface area contributed by atoms with Gasteiger partial charge in [0.25, 0.3) is 5.56 Å². The van der Waals surface area contributed by atoms with Crippen molar-refractivity contribution in [1.29, 1.82) is 0 Å². The van der Waals surface area contributed by atoms with Crippen molar-refractivity contribution in [2.75, 3.05) is 7.11 Å². The summed E-state index contributed by atoms with van der Waals surface area (Å²) in [6.45, 7) is 0.428. The molecular weight excluding hydrogens is 452 g/mol. The van der Waals surface area contributed by atoms with E-state index < -0.39 is 0 Å². The number of aromatic nitrogens is 3. The standard InChI is InChI=1S/C29H20N4O3/c1-3-15-32-18-19(20-9-5-7-12-24(20)32)17-30-33-28(31-23-11-6-4-10-21(23)29(33)34)27-16-22-25(35-2)13-8-14-26(22)36-27/h1,4-14,16-18H,15H2,2H3. The Bertz CT molecular complexity index is 1900. The lowest BCUT2D eigenvalue weighted by molar-refractivity contribution is 0.419. The highest BCUT2D eigenvalue weighted by Crippen LogP contribution is 2.33. The molecule has 0 saturated heterocycles. The van der Waals surface area contributed by atoms with E-state index in [0.717, 1.165) is 21.9 Å². The molecule has 6 aromatic rings. The van der Waals surface area contributed by atoms with Gasteiger partial charge in [-0.25, -0.2) is 4.98 Å². The minimum Gasteiger partial charge on any atom is -0.496 e. The number of para-hydroxylation sites is 2. The first-order chi connectivity index (χ1) is 17.7. The summed E-state index contributed by atoms with van der Waals surface area (Å²) in [5, 5.41) is 6.82. The van der Waals surface area contributed by atoms with Crippen molar-refractivity contribution in [3.05, 3.63) is 94.9 Å². The van der Waals surface area contributed by atoms with Crippen LogP contribution < -0.4 is 10.3 Å². The van der Waals surface area contributed by atoms with Gasteiger partial charge in [0.2, 0.25) is 5.82 Å². The Labute approximate surface area is 205 Å². The fraction of sp³-hybridized carbons (Fsp3) is 0.0690. The Balaban J connectivity index is 1.57. The van der Waals surface area contributed by atoms with Crippen molar-refractivity contribution < 1.29 is 9.15 Å². The predicted octanol–water partition coefficient (Wildman–Crippen LogP) is 5.29. The topological polar surface area (TPSA) is 74.6 Å². The molecule has 0 spiro atoms. The summed E-state index contributed by atoms with van der Waals surface area (Å²) in [5.41, 5.74) is 2.71. The van der Waals surface area contributed by atoms with E-state index >= 15 is 0 Å². The van der Waals surface area contributed by atoms with Crippen LogP contribution in [0.3, 0.4) is 0 Å². The van der Waals surface area contributed by atoms with Gasteiger partial charge in [0, 0.05) is 22.7 Å². The molecule has 174 valence electrons. The smallest absolute Gasteiger partial charge is 0.282 e. The summed E-state index contributed by atoms with van der Waals surface area (Å²) in [4.78, 5) is 18.3. The van der Waals surface area contributed by atoms with Crippen molar-refractivity contribution in [3.8, 4) is 29.7 Å². The highest BCUT2D eigenvalue weighted by Gasteiger charge is 2.18. The van der Waals surface area contributed by atoms with E-state index in [9.17, 15) is 4.79 Å². The van der Waals surface area contributed by atoms with E-state index in [1.54, 1.807) is 31.5 Å². The van der Waals surface area contributed by atoms with E-state index in [-0.39, 0.29) is 5.56 Å². The summed E-state index contributed by atoms with van der Waals surface area (Å²) in [7, 11) is 1.60. The predicted molar refractivity (Wildman–Crippen MR) is 142 cm³/mol. The van der Waals surface area contributed by atoms with Gasteiger partial charge in [-0.1, -0.05) is 42.3 Å². The fourth-order valence-corrected chi connectivity index (χ4v) is 4.44. The third-order valence-corrected chi connectivity index (χ3v) is 6.11. The second-order valence-corrected chi connectivity index (χ2v) is 8.23. The lowest BCUT2D eigenvalue weighted by Crippen LogP contribution is -2.20. The minimum atomic E-state index is -0.299. The molecule has 7 nitrogen and oxygen atoms in total. The molecule has 0 unspecified atom stereocenters. The second kappa shape index (κ2) is 8.60. The molecule has 0 atom stereocenters. The van der Waals surface area contributed by atoms with Crippen LogP contribution in [-0.4, -0.2) is 27.6 Å². The van der Waals surface area contributed by atoms with Gasteiger partial charge in [0.1, 0.15) is 11.3 Å². The molecule has 0 saturated carbocycles. The average molecular weight is 473 g/mol. The van der Waals surface area contributed by atoms with Gasteiger partial charge in [-0.15, -0.1) is 6.42 Å². The molecule has 0 aliphatic carbocycles. The van der Waals surface area contributed by atoms with Gasteiger partial charge in [0.15, 0.2) is 5.76 Å². The third-order valence-electron chi connectivity index (χ3n) is 6.11. The van der Waals surface area contributed by atoms with E-state index in [4.69, 9.17) is 20.6 Å². The van der Waals surface area contributed by atoms with E-state index in [0.29, 0.717) is 40.4 Å². The number of furan rings is 1. The highest BCUT2D eigenvalue weighted by atomic mass is 16.5. The highest BCUT2D eigenvalue weighted by molar-refractivity contribution is 5.99. The number of hydrogen-bond donors (Lipinski definition) is 0. The Kier molecular flexibility index (Phi) is 5.12. The Morgan fingerprint density at radius 2 is 1.86 bits per heavy atom. The number of benzene rings is 3. The lowest BCUT2D eigenvalue weighted by Gasteiger charge is -2.07. The van der Waals surface area contributed by atoms with Crippen LogP contribution in [0.15, 0.2) is 93.3 Å². The summed E-state index contributed by atoms with van der Waals surface area (Å²) < 4.78 is 14.8. The van der Waals surface area contributed by atoms with Crippen LogP contribution >= 0.6 is 0 Å². The zero-order valence-electron chi connectivity index (χ0n) is 19.4. The molecule has 0 bridgehead atoms. The summed E-state index contributed by atoms with van der Waals surface area (Å²) in [6.07, 6.45) is 9.14. The van der Waals surface area contributed by atoms with Crippen LogP contribution in [0.4, 0.5) is 0 Å². The molecule has 0 fully saturated rings. The molecule has 0 radical (unpaired) electrons. The average Bonchev–Trinajstić information content (AvgIpc) is 3.50. The second-order valence-electron chi connectivity index (χ2n) is 8.23. The normalized spacial score (nSPS) is 11.6. The largest absolute Gasteiger partial charge is 0.496 e. The molecular formula is C29H20N4O3. The first-order valence-corrected chi connectivity index (χ1v) is 11.3. The van der Waals surface area contributed by atoms with Crippen LogP contribution in [0.5, 0.6) is 5.75 Å². The molecule has 36 heavy (non-hydrogen) atoms. The number of ether oxygens (including phenoxy) is 1. The summed E-state index contributed by atoms with van der Waals surface area (Å²) in [5.74, 6) is 4.04. The van der Waals surface area contributed by atoms with Crippen LogP contribution in [0.2, 0.25) is 0 Å². The van der Waals surface area contributed by atoms with Gasteiger partial charge >= 0.3 is 0 Å². The quantitative estimate of drug-likeness (QED) is 0.252. The van der Waals surface area contributed by atoms with Crippen molar-refractivity contribution in [2.24, 2.45) is 5.10 Å². The minimum absolute atomic E-state index is 0.292. The Morgan fingerprint density at radius 3 is 2.69 bits per heavy atom. The molecule has 0 N–H and O–H groups in total. The SMILES string of the molecule is C#CCn1cc(C=Nn2c(-c3cc4c(OC)cccc4o3)nc3ccccc3c2=O)c2ccccc21. The zero-order chi connectivity index (χ0) is 24.6. The fourth-order valence-electron chi connectivity index (χ4n) is 4.44. The number of rotatable bonds is 5. The molecule has 6 rings (SSSR count). The van der Waals surface area contributed by atoms with Crippen LogP contribution in [0.1, 0.15) is 5.56 Å². The van der Waals surface area contributed by atoms with Gasteiger partial charge in [-0.2, -0.15) is 9.78 Å². The maximum atomic E-state index is 13.6. The molecule has 3 aromatic carbocycles. The third kappa shape index (κ3) is 3.44. The Hall–Kier alpha value is -5.09. The van der Waals surface area contributed by atoms with Gasteiger partial charge in [0.05, 0.1) is 36.2 Å². The summed E-state index contributed by atoms with van der Waals surface area (Å²) in [6, 6.07) is 22.5. The number of methoxy groups -OCH3 is 1. The maximum Gasteiger partial charge on any atom is 0.282 e. The first-order valence-electron chi connectivity index (χ1n) is 11.3. The maximum absolute atomic E-state index is 13.6. The van der Waals surface area contributed by atoms with Crippen LogP contribution in [-0.2, 0) is 6.54 Å². The zero-order valence-corrected chi connectivity index (χ0v) is 19.4. The molecule has 0 aliphatic heterocycles. The number of fused-ring (bicyclic) bond motifs is 3. The van der Waals surface area contributed by atoms with Crippen molar-refractivity contribution in [3.63, 3.8) is 0 Å². The molecule has 7 heteroatoms.